The standard InChI is InChI=1S/2C8H13N3O2.2C5H5.In.Zr/c2*12-7(13)6-2-5-11-4-1-3-9-8(11)10-6;2*1-2-4-5-3-1;;/h2*6H,1-5H2,(H,9,10)(H,12,13);2*1-3H,4H2;;/q;;2*-1;;+4/p-2. The van der Waals surface area contributed by atoms with Crippen LogP contribution in [0.15, 0.2) is 46.4 Å². The molecular weight excluding hydrogens is 666 g/mol. The van der Waals surface area contributed by atoms with Crippen LogP contribution in [0.2, 0.25) is 0 Å². The van der Waals surface area contributed by atoms with Crippen molar-refractivity contribution < 1.29 is 46.0 Å². The Morgan fingerprint density at radius 2 is 1.21 bits per heavy atom. The first-order valence-corrected chi connectivity index (χ1v) is 12.5. The number of nitrogens with one attached hydrogen (secondary N) is 2. The van der Waals surface area contributed by atoms with Gasteiger partial charge in [0.1, 0.15) is 0 Å². The molecule has 0 aromatic heterocycles. The fraction of sp³-hybridized carbons (Fsp3) is 0.538. The van der Waals surface area contributed by atoms with Crippen LogP contribution in [0.1, 0.15) is 38.5 Å². The number of carboxylic acids is 2. The minimum Gasteiger partial charge on any atom is -0.548 e. The van der Waals surface area contributed by atoms with Gasteiger partial charge in [-0.1, -0.05) is 0 Å². The van der Waals surface area contributed by atoms with Gasteiger partial charge in [-0.3, -0.25) is 22.1 Å². The van der Waals surface area contributed by atoms with Gasteiger partial charge < -0.3 is 40.2 Å². The zero-order valence-corrected chi connectivity index (χ0v) is 27.4. The number of fused-ring (bicyclic) bond motifs is 2. The van der Waals surface area contributed by atoms with Crippen molar-refractivity contribution in [2.24, 2.45) is 9.98 Å². The number of carbonyl (C=O) groups excluding carboxylic acids is 2. The van der Waals surface area contributed by atoms with Crippen LogP contribution in [0.25, 0.3) is 0 Å². The van der Waals surface area contributed by atoms with Crippen LogP contribution in [0.5, 0.6) is 0 Å². The molecule has 2 unspecified atom stereocenters. The van der Waals surface area contributed by atoms with Gasteiger partial charge in [0, 0.05) is 65.1 Å². The van der Waals surface area contributed by atoms with Crippen LogP contribution in [-0.2, 0) is 35.8 Å². The van der Waals surface area contributed by atoms with E-state index in [0.29, 0.717) is 12.8 Å². The maximum absolute atomic E-state index is 10.6. The van der Waals surface area contributed by atoms with E-state index in [1.807, 2.05) is 24.3 Å². The number of carbonyl (C=O) groups is 2. The van der Waals surface area contributed by atoms with E-state index in [4.69, 9.17) is 0 Å². The van der Waals surface area contributed by atoms with Gasteiger partial charge in [0.15, 0.2) is 11.9 Å². The summed E-state index contributed by atoms with van der Waals surface area (Å²) in [6.45, 7) is 5.07. The van der Waals surface area contributed by atoms with Crippen molar-refractivity contribution in [3.63, 3.8) is 0 Å². The summed E-state index contributed by atoms with van der Waals surface area (Å²) < 4.78 is 0. The second-order valence-electron chi connectivity index (χ2n) is 8.71. The molecule has 0 amide bonds. The van der Waals surface area contributed by atoms with Crippen LogP contribution in [0, 0.1) is 12.2 Å². The molecule has 0 bridgehead atoms. The summed E-state index contributed by atoms with van der Waals surface area (Å²) in [5.74, 6) is -0.612. The first kappa shape index (κ1) is 34.2. The third-order valence-electron chi connectivity index (χ3n) is 6.02. The van der Waals surface area contributed by atoms with E-state index in [-0.39, 0.29) is 52.0 Å². The number of aliphatic carboxylic acids is 2. The van der Waals surface area contributed by atoms with Gasteiger partial charge in [0.2, 0.25) is 0 Å². The Bertz CT molecular complexity index is 843. The number of nitrogens with zero attached hydrogens (tertiary/aromatic N) is 4. The molecule has 2 aliphatic carbocycles. The van der Waals surface area contributed by atoms with Crippen molar-refractivity contribution in [1.29, 1.82) is 0 Å². The van der Waals surface area contributed by atoms with Gasteiger partial charge >= 0.3 is 26.2 Å². The SMILES string of the molecule is O=C([O-])C1CCN2CCCN=C2N1.O=C([O-])C1CCN2CCCN=C2N1.[C-]1=CC=CC1.[C-]1=CC=CC1.[In].[Zr+4]. The molecule has 10 nitrogen and oxygen atoms in total. The molecule has 6 rings (SSSR count). The van der Waals surface area contributed by atoms with E-state index in [0.717, 1.165) is 76.9 Å². The molecule has 2 atom stereocenters. The van der Waals surface area contributed by atoms with Crippen molar-refractivity contribution in [1.82, 2.24) is 20.4 Å². The average Bonchev–Trinajstić information content (AvgIpc) is 3.68. The Morgan fingerprint density at radius 1 is 0.789 bits per heavy atom. The maximum atomic E-state index is 10.6. The van der Waals surface area contributed by atoms with E-state index in [2.05, 4.69) is 54.7 Å². The van der Waals surface area contributed by atoms with E-state index in [1.165, 1.54) is 0 Å². The maximum Gasteiger partial charge on any atom is 4.00 e. The number of rotatable bonds is 2. The number of guanidine groups is 2. The predicted octanol–water partition coefficient (Wildman–Crippen LogP) is -1.45. The number of hydrogen-bond acceptors (Lipinski definition) is 10. The molecule has 0 aromatic rings. The molecule has 4 heterocycles. The van der Waals surface area contributed by atoms with Crippen LogP contribution in [-0.4, -0.2) is 111 Å². The first-order valence-electron chi connectivity index (χ1n) is 12.5. The van der Waals surface area contributed by atoms with E-state index in [1.54, 1.807) is 0 Å². The molecule has 3 radical (unpaired) electrons. The summed E-state index contributed by atoms with van der Waals surface area (Å²) >= 11 is 0. The molecular formula is C26H34InN6O4Zr. The van der Waals surface area contributed by atoms with Crippen LogP contribution >= 0.6 is 0 Å². The second kappa shape index (κ2) is 19.3. The number of hydrogen-bond donors (Lipinski definition) is 2. The van der Waals surface area contributed by atoms with Crippen LogP contribution < -0.4 is 20.8 Å². The van der Waals surface area contributed by atoms with Gasteiger partial charge in [-0.2, -0.15) is 12.2 Å². The van der Waals surface area contributed by atoms with Crippen LogP contribution in [0.3, 0.4) is 0 Å². The van der Waals surface area contributed by atoms with Gasteiger partial charge in [-0.25, -0.2) is 24.3 Å². The second-order valence-corrected chi connectivity index (χ2v) is 8.71. The minimum atomic E-state index is -1.03. The van der Waals surface area contributed by atoms with Gasteiger partial charge in [-0.05, 0) is 25.7 Å². The Morgan fingerprint density at radius 3 is 1.50 bits per heavy atom. The van der Waals surface area contributed by atoms with E-state index >= 15 is 0 Å². The fourth-order valence-electron chi connectivity index (χ4n) is 4.07. The number of aliphatic imine (C=N–C) groups is 2. The molecule has 12 heteroatoms. The summed E-state index contributed by atoms with van der Waals surface area (Å²) in [6, 6.07) is -1.12. The molecule has 4 aliphatic heterocycles. The first-order chi connectivity index (χ1) is 17.5. The Hall–Kier alpha value is -1.81. The molecule has 199 valence electrons. The topological polar surface area (TPSA) is 136 Å². The van der Waals surface area contributed by atoms with Crippen molar-refractivity contribution in [3.05, 3.63) is 48.6 Å². The van der Waals surface area contributed by atoms with Gasteiger partial charge in [0.25, 0.3) is 0 Å². The summed E-state index contributed by atoms with van der Waals surface area (Å²) in [5, 5.41) is 26.9. The minimum absolute atomic E-state index is 0. The zero-order valence-electron chi connectivity index (χ0n) is 21.6. The summed E-state index contributed by atoms with van der Waals surface area (Å²) in [4.78, 5) is 33.8. The smallest absolute Gasteiger partial charge is 0.548 e. The summed E-state index contributed by atoms with van der Waals surface area (Å²) in [5.41, 5.74) is 0. The quantitative estimate of drug-likeness (QED) is 0.335. The third-order valence-corrected chi connectivity index (χ3v) is 6.02. The number of carboxylic acid groups (broad SMARTS) is 2. The molecule has 0 aromatic carbocycles. The van der Waals surface area contributed by atoms with Crippen molar-refractivity contribution in [2.45, 2.75) is 50.6 Å². The molecule has 2 N–H and O–H groups in total. The average molecular weight is 701 g/mol. The van der Waals surface area contributed by atoms with Crippen molar-refractivity contribution in [2.75, 3.05) is 39.3 Å². The molecule has 2 fully saturated rings. The monoisotopic (exact) mass is 699 g/mol. The molecule has 0 spiro atoms. The molecule has 2 saturated heterocycles. The van der Waals surface area contributed by atoms with Crippen LogP contribution in [0.4, 0.5) is 0 Å². The molecule has 6 aliphatic rings. The summed E-state index contributed by atoms with van der Waals surface area (Å²) in [7, 11) is 0. The van der Waals surface area contributed by atoms with E-state index < -0.39 is 24.0 Å². The summed E-state index contributed by atoms with van der Waals surface area (Å²) in [6.07, 6.45) is 23.3. The Kier molecular flexibility index (Phi) is 17.4. The Labute approximate surface area is 263 Å². The molecule has 0 saturated carbocycles. The van der Waals surface area contributed by atoms with Crippen molar-refractivity contribution >= 4 is 49.7 Å². The zero-order chi connectivity index (χ0) is 25.6. The third kappa shape index (κ3) is 11.9. The normalized spacial score (nSPS) is 23.3. The number of allylic oxidation sites excluding steroid dienone is 8. The fourth-order valence-corrected chi connectivity index (χ4v) is 4.07. The predicted molar refractivity (Wildman–Crippen MR) is 139 cm³/mol. The van der Waals surface area contributed by atoms with Gasteiger partial charge in [-0.15, -0.1) is 12.8 Å². The van der Waals surface area contributed by atoms with Gasteiger partial charge in [0.05, 0.1) is 24.0 Å². The Balaban J connectivity index is 0.000000270. The van der Waals surface area contributed by atoms with E-state index in [9.17, 15) is 19.8 Å². The van der Waals surface area contributed by atoms with Crippen molar-refractivity contribution in [3.8, 4) is 0 Å². The molecule has 38 heavy (non-hydrogen) atoms. The largest absolute Gasteiger partial charge is 4.00 e.